The molecule has 3 aromatic rings. The van der Waals surface area contributed by atoms with Gasteiger partial charge in [0, 0.05) is 26.2 Å². The van der Waals surface area contributed by atoms with E-state index in [4.69, 9.17) is 4.74 Å². The fraction of sp³-hybridized carbons (Fsp3) is 0.269. The number of carbonyl (C=O) groups is 1. The summed E-state index contributed by atoms with van der Waals surface area (Å²) in [5, 5.41) is 0. The Morgan fingerprint density at radius 1 is 0.806 bits per heavy atom. The molecule has 1 aliphatic rings. The molecular weight excluding hydrogens is 408 g/mol. The van der Waals surface area contributed by atoms with Gasteiger partial charge in [0.1, 0.15) is 5.75 Å². The zero-order valence-electron chi connectivity index (χ0n) is 17.8. The highest BCUT2D eigenvalue weighted by Crippen LogP contribution is 2.29. The molecule has 0 atom stereocenters. The van der Waals surface area contributed by atoms with Crippen LogP contribution in [0.15, 0.2) is 84.9 Å². The molecule has 3 aromatic carbocycles. The van der Waals surface area contributed by atoms with Crippen molar-refractivity contribution in [1.82, 2.24) is 9.80 Å². The molecule has 4 nitrogen and oxygen atoms in total. The molecule has 4 rings (SSSR count). The Morgan fingerprint density at radius 3 is 1.87 bits per heavy atom. The lowest BCUT2D eigenvalue weighted by molar-refractivity contribution is -0.135. The summed E-state index contributed by atoms with van der Waals surface area (Å²) in [7, 11) is 0. The summed E-state index contributed by atoms with van der Waals surface area (Å²) in [6.07, 6.45) is 0. The van der Waals surface area contributed by atoms with Gasteiger partial charge in [-0.15, -0.1) is 12.4 Å². The number of benzene rings is 3. The van der Waals surface area contributed by atoms with Gasteiger partial charge in [-0.3, -0.25) is 9.69 Å². The maximum Gasteiger partial charge on any atom is 0.260 e. The van der Waals surface area contributed by atoms with Crippen LogP contribution < -0.4 is 4.74 Å². The summed E-state index contributed by atoms with van der Waals surface area (Å²) in [5.74, 6) is 0.826. The summed E-state index contributed by atoms with van der Waals surface area (Å²) in [4.78, 5) is 17.1. The lowest BCUT2D eigenvalue weighted by atomic mass is 9.96. The first-order valence-corrected chi connectivity index (χ1v) is 10.5. The van der Waals surface area contributed by atoms with Crippen LogP contribution in [0.5, 0.6) is 5.75 Å². The third kappa shape index (κ3) is 5.66. The minimum absolute atomic E-state index is 0. The van der Waals surface area contributed by atoms with Crippen LogP contribution in [-0.4, -0.2) is 48.5 Å². The monoisotopic (exact) mass is 436 g/mol. The van der Waals surface area contributed by atoms with Gasteiger partial charge in [-0.25, -0.2) is 0 Å². The fourth-order valence-electron chi connectivity index (χ4n) is 4.06. The van der Waals surface area contributed by atoms with E-state index in [-0.39, 0.29) is 31.0 Å². The molecule has 0 bridgehead atoms. The molecule has 0 spiro atoms. The summed E-state index contributed by atoms with van der Waals surface area (Å²) in [5.41, 5.74) is 3.61. The van der Waals surface area contributed by atoms with Crippen LogP contribution in [0.25, 0.3) is 0 Å². The molecule has 1 saturated heterocycles. The minimum atomic E-state index is 0. The minimum Gasteiger partial charge on any atom is -0.484 e. The van der Waals surface area contributed by atoms with Crippen LogP contribution in [0, 0.1) is 6.92 Å². The number of nitrogens with zero attached hydrogens (tertiary/aromatic N) is 2. The molecule has 162 valence electrons. The lowest BCUT2D eigenvalue weighted by Gasteiger charge is -2.39. The molecule has 0 saturated carbocycles. The second-order valence-corrected chi connectivity index (χ2v) is 7.69. The number of aryl methyl sites for hydroxylation is 1. The van der Waals surface area contributed by atoms with Crippen LogP contribution in [0.1, 0.15) is 22.7 Å². The Bertz CT molecular complexity index is 918. The zero-order valence-corrected chi connectivity index (χ0v) is 18.6. The average Bonchev–Trinajstić information content (AvgIpc) is 2.80. The normalized spacial score (nSPS) is 14.2. The zero-order chi connectivity index (χ0) is 20.8. The first kappa shape index (κ1) is 22.9. The molecule has 1 aliphatic heterocycles. The van der Waals surface area contributed by atoms with Crippen molar-refractivity contribution in [2.45, 2.75) is 13.0 Å². The van der Waals surface area contributed by atoms with Gasteiger partial charge in [0.05, 0.1) is 6.04 Å². The first-order valence-electron chi connectivity index (χ1n) is 10.5. The Hall–Kier alpha value is -2.82. The second kappa shape index (κ2) is 11.0. The second-order valence-electron chi connectivity index (χ2n) is 7.69. The van der Waals surface area contributed by atoms with Crippen LogP contribution in [0.3, 0.4) is 0 Å². The fourth-order valence-corrected chi connectivity index (χ4v) is 4.06. The van der Waals surface area contributed by atoms with Crippen molar-refractivity contribution in [2.24, 2.45) is 0 Å². The standard InChI is InChI=1S/C26H28N2O2.ClH/c1-21-10-8-9-15-24(21)30-20-25(29)27-16-18-28(19-17-27)26(22-11-4-2-5-12-22)23-13-6-3-7-14-23;/h2-15,26H,16-20H2,1H3;1H. The molecule has 1 amide bonds. The van der Waals surface area contributed by atoms with Gasteiger partial charge in [-0.2, -0.15) is 0 Å². The molecule has 1 heterocycles. The first-order chi connectivity index (χ1) is 14.7. The smallest absolute Gasteiger partial charge is 0.260 e. The van der Waals surface area contributed by atoms with E-state index in [1.54, 1.807) is 0 Å². The van der Waals surface area contributed by atoms with Gasteiger partial charge < -0.3 is 9.64 Å². The number of hydrogen-bond acceptors (Lipinski definition) is 3. The van der Waals surface area contributed by atoms with E-state index in [9.17, 15) is 4.79 Å². The Labute approximate surface area is 190 Å². The summed E-state index contributed by atoms with van der Waals surface area (Å²) in [6.45, 7) is 5.19. The molecule has 1 fully saturated rings. The molecule has 5 heteroatoms. The van der Waals surface area contributed by atoms with Crippen molar-refractivity contribution < 1.29 is 9.53 Å². The van der Waals surface area contributed by atoms with Crippen LogP contribution in [0.4, 0.5) is 0 Å². The molecule has 0 unspecified atom stereocenters. The van der Waals surface area contributed by atoms with Crippen molar-refractivity contribution in [2.75, 3.05) is 32.8 Å². The highest BCUT2D eigenvalue weighted by atomic mass is 35.5. The van der Waals surface area contributed by atoms with E-state index >= 15 is 0 Å². The molecule has 31 heavy (non-hydrogen) atoms. The molecule has 0 N–H and O–H groups in total. The van der Waals surface area contributed by atoms with Crippen molar-refractivity contribution in [3.63, 3.8) is 0 Å². The summed E-state index contributed by atoms with van der Waals surface area (Å²) < 4.78 is 5.76. The van der Waals surface area contributed by atoms with E-state index in [0.717, 1.165) is 24.4 Å². The quantitative estimate of drug-likeness (QED) is 0.560. The predicted octanol–water partition coefficient (Wildman–Crippen LogP) is 4.73. The van der Waals surface area contributed by atoms with Gasteiger partial charge in [-0.1, -0.05) is 78.9 Å². The highest BCUT2D eigenvalue weighted by molar-refractivity contribution is 5.85. The number of carbonyl (C=O) groups excluding carboxylic acids is 1. The summed E-state index contributed by atoms with van der Waals surface area (Å²) >= 11 is 0. The number of halogens is 1. The number of hydrogen-bond donors (Lipinski definition) is 0. The predicted molar refractivity (Wildman–Crippen MR) is 127 cm³/mol. The molecular formula is C26H29ClN2O2. The van der Waals surface area contributed by atoms with E-state index in [2.05, 4.69) is 65.6 Å². The maximum atomic E-state index is 12.7. The maximum absolute atomic E-state index is 12.7. The molecule has 0 radical (unpaired) electrons. The SMILES string of the molecule is Cc1ccccc1OCC(=O)N1CCN(C(c2ccccc2)c2ccccc2)CC1.Cl. The average molecular weight is 437 g/mol. The van der Waals surface area contributed by atoms with E-state index in [1.807, 2.05) is 36.1 Å². The highest BCUT2D eigenvalue weighted by Gasteiger charge is 2.28. The van der Waals surface area contributed by atoms with Gasteiger partial charge in [0.25, 0.3) is 5.91 Å². The third-order valence-electron chi connectivity index (χ3n) is 5.71. The number of piperazine rings is 1. The van der Waals surface area contributed by atoms with Crippen molar-refractivity contribution >= 4 is 18.3 Å². The molecule has 0 aromatic heterocycles. The number of rotatable bonds is 6. The van der Waals surface area contributed by atoms with E-state index in [0.29, 0.717) is 13.1 Å². The largest absolute Gasteiger partial charge is 0.484 e. The van der Waals surface area contributed by atoms with Gasteiger partial charge >= 0.3 is 0 Å². The van der Waals surface area contributed by atoms with Crippen molar-refractivity contribution in [3.8, 4) is 5.75 Å². The van der Waals surface area contributed by atoms with Gasteiger partial charge in [0.15, 0.2) is 6.61 Å². The van der Waals surface area contributed by atoms with Gasteiger partial charge in [-0.05, 0) is 29.7 Å². The number of para-hydroxylation sites is 1. The third-order valence-corrected chi connectivity index (χ3v) is 5.71. The van der Waals surface area contributed by atoms with Crippen LogP contribution in [0.2, 0.25) is 0 Å². The van der Waals surface area contributed by atoms with E-state index in [1.165, 1.54) is 11.1 Å². The molecule has 0 aliphatic carbocycles. The van der Waals surface area contributed by atoms with Gasteiger partial charge in [0.2, 0.25) is 0 Å². The van der Waals surface area contributed by atoms with Crippen molar-refractivity contribution in [1.29, 1.82) is 0 Å². The van der Waals surface area contributed by atoms with Crippen LogP contribution >= 0.6 is 12.4 Å². The Morgan fingerprint density at radius 2 is 1.32 bits per heavy atom. The Balaban J connectivity index is 0.00000272. The number of amides is 1. The summed E-state index contributed by atoms with van der Waals surface area (Å²) in [6, 6.07) is 29.2. The number of ether oxygens (including phenoxy) is 1. The van der Waals surface area contributed by atoms with Crippen LogP contribution in [-0.2, 0) is 4.79 Å². The lowest BCUT2D eigenvalue weighted by Crippen LogP contribution is -2.51. The van der Waals surface area contributed by atoms with Crippen molar-refractivity contribution in [3.05, 3.63) is 102 Å². The Kier molecular flexibility index (Phi) is 8.10. The van der Waals surface area contributed by atoms with E-state index < -0.39 is 0 Å². The topological polar surface area (TPSA) is 32.8 Å².